The molecule has 1 rings (SSSR count). The minimum Gasteiger partial charge on any atom is -0.481 e. The van der Waals surface area contributed by atoms with Crippen LogP contribution in [0.25, 0.3) is 0 Å². The van der Waals surface area contributed by atoms with Gasteiger partial charge in [-0.1, -0.05) is 6.92 Å². The van der Waals surface area contributed by atoms with Gasteiger partial charge < -0.3 is 20.5 Å². The number of rotatable bonds is 7. The smallest absolute Gasteiger partial charge is 0.319 e. The second kappa shape index (κ2) is 7.37. The molecule has 106 valence electrons. The summed E-state index contributed by atoms with van der Waals surface area (Å²) in [5.74, 6) is -1.58. The van der Waals surface area contributed by atoms with Crippen molar-refractivity contribution in [2.24, 2.45) is 5.92 Å². The first kappa shape index (κ1) is 15.0. The monoisotopic (exact) mass is 270 g/mol. The summed E-state index contributed by atoms with van der Waals surface area (Å²) in [5.41, 5.74) is 0.539. The number of ether oxygens (including phenoxy) is 1. The Morgan fingerprint density at radius 1 is 1.58 bits per heavy atom. The van der Waals surface area contributed by atoms with Crippen LogP contribution in [0.5, 0.6) is 0 Å². The molecule has 0 aliphatic rings. The quantitative estimate of drug-likeness (QED) is 0.664. The molecule has 1 aromatic heterocycles. The molecular weight excluding hydrogens is 252 g/mol. The number of carboxylic acids is 1. The lowest BCUT2D eigenvalue weighted by atomic mass is 10.2. The number of aromatic nitrogens is 2. The van der Waals surface area contributed by atoms with Crippen LogP contribution >= 0.6 is 0 Å². The SMILES string of the molecule is COCCn1cc(NC(=O)NCC(C)C(=O)O)cn1. The van der Waals surface area contributed by atoms with Crippen molar-refractivity contribution in [3.05, 3.63) is 12.4 Å². The van der Waals surface area contributed by atoms with Gasteiger partial charge >= 0.3 is 12.0 Å². The van der Waals surface area contributed by atoms with Crippen molar-refractivity contribution < 1.29 is 19.4 Å². The van der Waals surface area contributed by atoms with E-state index in [9.17, 15) is 9.59 Å². The van der Waals surface area contributed by atoms with Gasteiger partial charge in [-0.3, -0.25) is 9.48 Å². The highest BCUT2D eigenvalue weighted by atomic mass is 16.5. The molecule has 0 saturated carbocycles. The standard InChI is InChI=1S/C11H18N4O4/c1-8(10(16)17)5-12-11(18)14-9-6-13-15(7-9)3-4-19-2/h6-8H,3-5H2,1-2H3,(H,16,17)(H2,12,14,18). The molecule has 0 fully saturated rings. The number of hydrogen-bond donors (Lipinski definition) is 3. The van der Waals surface area contributed by atoms with Gasteiger partial charge in [0.05, 0.1) is 31.0 Å². The molecule has 0 saturated heterocycles. The average molecular weight is 270 g/mol. The van der Waals surface area contributed by atoms with E-state index in [1.807, 2.05) is 0 Å². The summed E-state index contributed by atoms with van der Waals surface area (Å²) in [6.07, 6.45) is 3.18. The molecule has 0 aromatic carbocycles. The Labute approximate surface area is 110 Å². The van der Waals surface area contributed by atoms with Crippen LogP contribution in [0.15, 0.2) is 12.4 Å². The number of urea groups is 1. The zero-order valence-corrected chi connectivity index (χ0v) is 10.9. The van der Waals surface area contributed by atoms with E-state index in [0.717, 1.165) is 0 Å². The molecular formula is C11H18N4O4. The Morgan fingerprint density at radius 3 is 2.95 bits per heavy atom. The largest absolute Gasteiger partial charge is 0.481 e. The van der Waals surface area contributed by atoms with Crippen LogP contribution in [0, 0.1) is 5.92 Å². The summed E-state index contributed by atoms with van der Waals surface area (Å²) in [6, 6.07) is -0.459. The van der Waals surface area contributed by atoms with E-state index in [-0.39, 0.29) is 6.54 Å². The lowest BCUT2D eigenvalue weighted by Gasteiger charge is -2.08. The average Bonchev–Trinajstić information content (AvgIpc) is 2.80. The number of carbonyl (C=O) groups is 2. The fourth-order valence-corrected chi connectivity index (χ4v) is 1.24. The van der Waals surface area contributed by atoms with E-state index in [0.29, 0.717) is 18.8 Å². The molecule has 3 N–H and O–H groups in total. The second-order valence-corrected chi connectivity index (χ2v) is 4.06. The molecule has 0 radical (unpaired) electrons. The first-order valence-corrected chi connectivity index (χ1v) is 5.82. The van der Waals surface area contributed by atoms with Gasteiger partial charge in [-0.15, -0.1) is 0 Å². The molecule has 0 bridgehead atoms. The minimum absolute atomic E-state index is 0.0684. The molecule has 0 aliphatic heterocycles. The van der Waals surface area contributed by atoms with Crippen LogP contribution in [0.4, 0.5) is 10.5 Å². The highest BCUT2D eigenvalue weighted by Crippen LogP contribution is 2.04. The van der Waals surface area contributed by atoms with Gasteiger partial charge in [0, 0.05) is 19.9 Å². The van der Waals surface area contributed by atoms with Crippen LogP contribution in [0.2, 0.25) is 0 Å². The zero-order chi connectivity index (χ0) is 14.3. The van der Waals surface area contributed by atoms with Crippen LogP contribution in [-0.2, 0) is 16.1 Å². The number of hydrogen-bond acceptors (Lipinski definition) is 4. The summed E-state index contributed by atoms with van der Waals surface area (Å²) in [5, 5.41) is 17.7. The van der Waals surface area contributed by atoms with Gasteiger partial charge in [-0.2, -0.15) is 5.10 Å². The Morgan fingerprint density at radius 2 is 2.32 bits per heavy atom. The van der Waals surface area contributed by atoms with Crippen molar-refractivity contribution in [1.82, 2.24) is 15.1 Å². The van der Waals surface area contributed by atoms with Crippen molar-refractivity contribution >= 4 is 17.7 Å². The van der Waals surface area contributed by atoms with E-state index in [4.69, 9.17) is 9.84 Å². The lowest BCUT2D eigenvalue weighted by molar-refractivity contribution is -0.140. The van der Waals surface area contributed by atoms with Crippen LogP contribution in [0.1, 0.15) is 6.92 Å². The zero-order valence-electron chi connectivity index (χ0n) is 10.9. The third-order valence-corrected chi connectivity index (χ3v) is 2.41. The van der Waals surface area contributed by atoms with E-state index in [2.05, 4.69) is 15.7 Å². The highest BCUT2D eigenvalue weighted by Gasteiger charge is 2.12. The molecule has 1 aromatic rings. The topological polar surface area (TPSA) is 105 Å². The fourth-order valence-electron chi connectivity index (χ4n) is 1.24. The molecule has 19 heavy (non-hydrogen) atoms. The first-order valence-electron chi connectivity index (χ1n) is 5.82. The van der Waals surface area contributed by atoms with E-state index < -0.39 is 17.9 Å². The normalized spacial score (nSPS) is 11.9. The Hall–Kier alpha value is -2.09. The maximum atomic E-state index is 11.5. The van der Waals surface area contributed by atoms with Gasteiger partial charge in [0.1, 0.15) is 0 Å². The minimum atomic E-state index is -0.951. The summed E-state index contributed by atoms with van der Waals surface area (Å²) in [6.45, 7) is 2.71. The summed E-state index contributed by atoms with van der Waals surface area (Å²) >= 11 is 0. The predicted molar refractivity (Wildman–Crippen MR) is 67.9 cm³/mol. The van der Waals surface area contributed by atoms with Crippen molar-refractivity contribution in [3.8, 4) is 0 Å². The summed E-state index contributed by atoms with van der Waals surface area (Å²) in [7, 11) is 1.60. The third kappa shape index (κ3) is 5.38. The van der Waals surface area contributed by atoms with Gasteiger partial charge in [-0.25, -0.2) is 4.79 Å². The van der Waals surface area contributed by atoms with Crippen LogP contribution < -0.4 is 10.6 Å². The molecule has 2 amide bonds. The maximum absolute atomic E-state index is 11.5. The second-order valence-electron chi connectivity index (χ2n) is 4.06. The molecule has 8 heteroatoms. The van der Waals surface area contributed by atoms with Gasteiger partial charge in [-0.05, 0) is 0 Å². The molecule has 1 atom stereocenters. The van der Waals surface area contributed by atoms with E-state index in [1.165, 1.54) is 13.1 Å². The van der Waals surface area contributed by atoms with Crippen molar-refractivity contribution in [1.29, 1.82) is 0 Å². The van der Waals surface area contributed by atoms with Crippen LogP contribution in [-0.4, -0.2) is 47.1 Å². The Bertz CT molecular complexity index is 432. The number of anilines is 1. The number of nitrogens with zero attached hydrogens (tertiary/aromatic N) is 2. The number of amides is 2. The Balaban J connectivity index is 2.35. The number of methoxy groups -OCH3 is 1. The Kier molecular flexibility index (Phi) is 5.80. The molecule has 1 unspecified atom stereocenters. The number of carboxylic acid groups (broad SMARTS) is 1. The van der Waals surface area contributed by atoms with E-state index in [1.54, 1.807) is 18.0 Å². The maximum Gasteiger partial charge on any atom is 0.319 e. The van der Waals surface area contributed by atoms with Crippen molar-refractivity contribution in [3.63, 3.8) is 0 Å². The molecule has 0 spiro atoms. The lowest BCUT2D eigenvalue weighted by Crippen LogP contribution is -2.34. The number of aliphatic carboxylic acids is 1. The van der Waals surface area contributed by atoms with Crippen molar-refractivity contribution in [2.45, 2.75) is 13.5 Å². The van der Waals surface area contributed by atoms with Gasteiger partial charge in [0.25, 0.3) is 0 Å². The summed E-state index contributed by atoms with van der Waals surface area (Å²) in [4.78, 5) is 22.1. The third-order valence-electron chi connectivity index (χ3n) is 2.41. The number of carbonyl (C=O) groups excluding carboxylic acids is 1. The predicted octanol–water partition coefficient (Wildman–Crippen LogP) is 0.372. The van der Waals surface area contributed by atoms with Gasteiger partial charge in [0.2, 0.25) is 0 Å². The van der Waals surface area contributed by atoms with Crippen LogP contribution in [0.3, 0.4) is 0 Å². The molecule has 1 heterocycles. The number of nitrogens with one attached hydrogen (secondary N) is 2. The van der Waals surface area contributed by atoms with Crippen molar-refractivity contribution in [2.75, 3.05) is 25.6 Å². The summed E-state index contributed by atoms with van der Waals surface area (Å²) < 4.78 is 6.55. The van der Waals surface area contributed by atoms with Gasteiger partial charge in [0.15, 0.2) is 0 Å². The molecule has 0 aliphatic carbocycles. The fraction of sp³-hybridized carbons (Fsp3) is 0.545. The highest BCUT2D eigenvalue weighted by molar-refractivity contribution is 5.89. The molecule has 8 nitrogen and oxygen atoms in total. The first-order chi connectivity index (χ1) is 9.02. The van der Waals surface area contributed by atoms with E-state index >= 15 is 0 Å².